The largest absolute Gasteiger partial charge is 0.478 e. The fourth-order valence-electron chi connectivity index (χ4n) is 12.5. The molecule has 106 heavy (non-hydrogen) atoms. The highest BCUT2D eigenvalue weighted by Crippen LogP contribution is 2.49. The van der Waals surface area contributed by atoms with Crippen molar-refractivity contribution in [2.75, 3.05) is 22.1 Å². The van der Waals surface area contributed by atoms with Gasteiger partial charge in [0.2, 0.25) is 5.82 Å². The van der Waals surface area contributed by atoms with Gasteiger partial charge in [-0.1, -0.05) is 144 Å². The summed E-state index contributed by atoms with van der Waals surface area (Å²) >= 11 is 0. The Hall–Kier alpha value is -10.9. The SMILES string of the molecule is CC1(C)CCC(C)(C)c2cc(C(=O)C(=O)O)ccc21.Cc1ccc(N)c(F)c1.Cc1ccc(NC(=O)C(=O)c2ccc3c(c2)C(C)(C)CCC3(C)C)c(F)c1.Cc1ccc(NC(=O)C(O)c2ccc3c(c2)C(C)(C)CCC3(C)C)c(F)c1.Nc1ccc(C(=O)O)cc1F.O=C(O)c1ccc([N+](=O)[O-])c(F)c1. The lowest BCUT2D eigenvalue weighted by Crippen LogP contribution is -2.34. The highest BCUT2D eigenvalue weighted by molar-refractivity contribution is 6.46. The summed E-state index contributed by atoms with van der Waals surface area (Å²) in [6, 6.07) is 36.2. The van der Waals surface area contributed by atoms with Crippen LogP contribution in [-0.4, -0.2) is 66.6 Å². The van der Waals surface area contributed by atoms with Crippen molar-refractivity contribution in [3.63, 3.8) is 0 Å². The molecule has 8 aromatic carbocycles. The Labute approximate surface area is 613 Å². The third kappa shape index (κ3) is 20.9. The number of fused-ring (bicyclic) bond motifs is 3. The molecule has 10 N–H and O–H groups in total. The third-order valence-corrected chi connectivity index (χ3v) is 19.6. The van der Waals surface area contributed by atoms with E-state index in [0.29, 0.717) is 17.2 Å². The second-order valence-corrected chi connectivity index (χ2v) is 30.7. The summed E-state index contributed by atoms with van der Waals surface area (Å²) in [5.41, 5.74) is 20.2. The van der Waals surface area contributed by atoms with Crippen molar-refractivity contribution in [3.8, 4) is 0 Å². The summed E-state index contributed by atoms with van der Waals surface area (Å²) in [4.78, 5) is 89.7. The number of nitrogen functional groups attached to an aromatic ring is 2. The molecule has 18 nitrogen and oxygen atoms in total. The zero-order chi connectivity index (χ0) is 79.7. The number of aromatic carboxylic acids is 2. The second-order valence-electron chi connectivity index (χ2n) is 30.7. The van der Waals surface area contributed by atoms with Crippen LogP contribution < -0.4 is 22.1 Å². The number of benzene rings is 8. The number of rotatable bonds is 11. The number of aryl methyl sites for hydroxylation is 3. The zero-order valence-corrected chi connectivity index (χ0v) is 62.1. The van der Waals surface area contributed by atoms with Crippen LogP contribution in [0.3, 0.4) is 0 Å². The molecule has 2 amide bonds. The Morgan fingerprint density at radius 1 is 0.406 bits per heavy atom. The van der Waals surface area contributed by atoms with Crippen LogP contribution in [0, 0.1) is 60.0 Å². The number of nitrogens with zero attached hydrogens (tertiary/aromatic N) is 1. The molecule has 1 unspecified atom stereocenters. The van der Waals surface area contributed by atoms with Crippen molar-refractivity contribution < 1.29 is 80.9 Å². The van der Waals surface area contributed by atoms with Crippen LogP contribution in [0.25, 0.3) is 0 Å². The maximum Gasteiger partial charge on any atom is 0.377 e. The number of aliphatic hydroxyl groups excluding tert-OH is 1. The molecule has 0 fully saturated rings. The molecule has 1 atom stereocenters. The lowest BCUT2D eigenvalue weighted by molar-refractivity contribution is -0.387. The molecule has 3 aliphatic carbocycles. The summed E-state index contributed by atoms with van der Waals surface area (Å²) < 4.78 is 65.7. The lowest BCUT2D eigenvalue weighted by atomic mass is 9.63. The summed E-state index contributed by atoms with van der Waals surface area (Å²) in [5.74, 6) is -10.1. The van der Waals surface area contributed by atoms with Gasteiger partial charge in [0.15, 0.2) is 6.10 Å². The number of nitro benzene ring substituents is 1. The fourth-order valence-corrected chi connectivity index (χ4v) is 12.5. The first kappa shape index (κ1) is 84.0. The quantitative estimate of drug-likeness (QED) is 0.0149. The van der Waals surface area contributed by atoms with E-state index in [1.54, 1.807) is 62.4 Å². The molecule has 23 heteroatoms. The topological polar surface area (TPSA) is 320 Å². The van der Waals surface area contributed by atoms with E-state index in [4.69, 9.17) is 26.8 Å². The number of ketones is 2. The summed E-state index contributed by atoms with van der Waals surface area (Å²) in [5, 5.41) is 51.2. The minimum Gasteiger partial charge on any atom is -0.478 e. The Morgan fingerprint density at radius 2 is 0.736 bits per heavy atom. The monoisotopic (exact) mass is 1460 g/mol. The van der Waals surface area contributed by atoms with Gasteiger partial charge in [-0.15, -0.1) is 0 Å². The van der Waals surface area contributed by atoms with Gasteiger partial charge in [0.1, 0.15) is 23.3 Å². The number of nitrogens with two attached hydrogens (primary N) is 2. The van der Waals surface area contributed by atoms with Gasteiger partial charge >= 0.3 is 23.6 Å². The maximum absolute atomic E-state index is 14.0. The molecule has 11 rings (SSSR count). The summed E-state index contributed by atoms with van der Waals surface area (Å²) in [6.07, 6.45) is 5.03. The van der Waals surface area contributed by atoms with Crippen LogP contribution in [0.4, 0.5) is 50.4 Å². The molecule has 3 aliphatic rings. The van der Waals surface area contributed by atoms with Gasteiger partial charge < -0.3 is 42.5 Å². The number of hydrogen-bond acceptors (Lipinski definition) is 12. The molecule has 0 saturated carbocycles. The van der Waals surface area contributed by atoms with E-state index in [2.05, 4.69) is 93.7 Å². The fraction of sp³-hybridized carbons (Fsp3) is 0.337. The number of carboxylic acids is 3. The Kier molecular flexibility index (Phi) is 26.5. The molecule has 0 saturated heterocycles. The van der Waals surface area contributed by atoms with Crippen LogP contribution in [0.2, 0.25) is 0 Å². The predicted octanol–water partition coefficient (Wildman–Crippen LogP) is 18.0. The van der Waals surface area contributed by atoms with E-state index in [9.17, 15) is 70.7 Å². The number of halogens is 5. The van der Waals surface area contributed by atoms with Crippen molar-refractivity contribution in [2.45, 2.75) is 181 Å². The van der Waals surface area contributed by atoms with Crippen molar-refractivity contribution in [1.82, 2.24) is 0 Å². The van der Waals surface area contributed by atoms with Crippen LogP contribution in [-0.2, 0) is 46.9 Å². The van der Waals surface area contributed by atoms with Crippen LogP contribution in [0.15, 0.2) is 146 Å². The zero-order valence-electron chi connectivity index (χ0n) is 62.1. The number of nitro groups is 1. The Balaban J connectivity index is 0.000000208. The maximum atomic E-state index is 14.0. The Morgan fingerprint density at radius 3 is 1.10 bits per heavy atom. The molecule has 0 heterocycles. The van der Waals surface area contributed by atoms with E-state index >= 15 is 0 Å². The number of amides is 2. The minimum absolute atomic E-state index is 0.0124. The van der Waals surface area contributed by atoms with Crippen molar-refractivity contribution >= 4 is 69.7 Å². The summed E-state index contributed by atoms with van der Waals surface area (Å²) in [6.45, 7) is 31.6. The number of hydrogen-bond donors (Lipinski definition) is 8. The summed E-state index contributed by atoms with van der Waals surface area (Å²) in [7, 11) is 0. The highest BCUT2D eigenvalue weighted by Gasteiger charge is 2.41. The van der Waals surface area contributed by atoms with Gasteiger partial charge in [-0.25, -0.2) is 31.9 Å². The van der Waals surface area contributed by atoms with Crippen LogP contribution >= 0.6 is 0 Å². The van der Waals surface area contributed by atoms with E-state index in [-0.39, 0.29) is 77.7 Å². The van der Waals surface area contributed by atoms with Gasteiger partial charge in [-0.2, -0.15) is 4.39 Å². The minimum atomic E-state index is -1.40. The lowest BCUT2D eigenvalue weighted by Gasteiger charge is -2.42. The predicted molar refractivity (Wildman–Crippen MR) is 399 cm³/mol. The van der Waals surface area contributed by atoms with Gasteiger partial charge in [0, 0.05) is 17.2 Å². The standard InChI is InChI=1S/C23H28FNO2.C23H26FNO2.C16H20O3.C7H4FNO4.C7H6FNO2.C7H8FN/c2*1-14-6-9-19(18(24)12-14)25-21(27)20(26)15-7-8-16-17(13-15)23(4,5)11-10-22(16,2)3;1-15(2)7-8-16(3,4)12-9-10(5-6-11(12)15)13(17)14(18)19;8-5-3-4(7(10)11)1-2-6(5)9(12)13;8-5-3-4(7(10)11)1-2-6(5)9;1-5-2-3-7(9)6(8)4-5/h6-9,12-13,20,26H,10-11H2,1-5H3,(H,25,27);6-9,12-13H,10-11H2,1-5H3,(H,25,27);5-6,9H,7-8H2,1-4H3,(H,18,19);1-3H,(H,10,11);1-3H,9H2,(H,10,11);2-4H,9H2,1H3. The van der Waals surface area contributed by atoms with Crippen molar-refractivity contribution in [2.24, 2.45) is 0 Å². The van der Waals surface area contributed by atoms with Gasteiger partial charge in [-0.05, 0) is 226 Å². The van der Waals surface area contributed by atoms with Gasteiger partial charge in [-0.3, -0.25) is 29.3 Å². The van der Waals surface area contributed by atoms with Crippen molar-refractivity contribution in [3.05, 3.63) is 263 Å². The van der Waals surface area contributed by atoms with Crippen LogP contribution in [0.5, 0.6) is 0 Å². The molecule has 0 radical (unpaired) electrons. The first-order valence-corrected chi connectivity index (χ1v) is 34.1. The van der Waals surface area contributed by atoms with Crippen molar-refractivity contribution in [1.29, 1.82) is 0 Å². The third-order valence-electron chi connectivity index (χ3n) is 19.6. The highest BCUT2D eigenvalue weighted by atomic mass is 19.1. The smallest absolute Gasteiger partial charge is 0.377 e. The van der Waals surface area contributed by atoms with Crippen LogP contribution in [0.1, 0.15) is 225 Å². The number of Topliss-reactive ketones (excluding diaryl/α,β-unsaturated/α-hetero) is 2. The molecular formula is C83H92F5N5O13. The number of carbonyl (C=O) groups excluding carboxylic acids is 4. The normalized spacial score (nSPS) is 15.6. The van der Waals surface area contributed by atoms with E-state index in [0.717, 1.165) is 84.5 Å². The molecule has 0 aliphatic heterocycles. The van der Waals surface area contributed by atoms with E-state index < -0.39 is 81.3 Å². The molecule has 0 bridgehead atoms. The molecule has 0 spiro atoms. The van der Waals surface area contributed by atoms with E-state index in [1.165, 1.54) is 64.7 Å². The first-order chi connectivity index (χ1) is 49.0. The van der Waals surface area contributed by atoms with Gasteiger partial charge in [0.05, 0.1) is 38.8 Å². The molecule has 562 valence electrons. The average molecular weight is 1460 g/mol. The number of aliphatic hydroxyl groups is 1. The molecular weight excluding hydrogens is 1370 g/mol. The number of anilines is 4. The van der Waals surface area contributed by atoms with Gasteiger partial charge in [0.25, 0.3) is 23.4 Å². The number of carboxylic acid groups (broad SMARTS) is 3. The first-order valence-electron chi connectivity index (χ1n) is 34.1. The Bertz CT molecular complexity index is 4720. The second kappa shape index (κ2) is 33.4. The average Bonchev–Trinajstić information content (AvgIpc) is 0.764. The number of nitrogens with one attached hydrogen (secondary N) is 2. The number of carbonyl (C=O) groups is 7. The number of aliphatic carboxylic acids is 1. The molecule has 8 aromatic rings. The molecule has 0 aromatic heterocycles. The van der Waals surface area contributed by atoms with E-state index in [1.807, 2.05) is 37.3 Å².